The van der Waals surface area contributed by atoms with E-state index in [4.69, 9.17) is 37.0 Å². The summed E-state index contributed by atoms with van der Waals surface area (Å²) in [6, 6.07) is 0. The summed E-state index contributed by atoms with van der Waals surface area (Å²) in [4.78, 5) is 72.8. The summed E-state index contributed by atoms with van der Waals surface area (Å²) in [7, 11) is -9.91. The molecular formula is C75H144O17P2. The molecule has 94 heavy (non-hydrogen) atoms. The smallest absolute Gasteiger partial charge is 0.462 e. The molecule has 17 nitrogen and oxygen atoms in total. The van der Waals surface area contributed by atoms with Crippen LogP contribution in [0.1, 0.15) is 387 Å². The Labute approximate surface area is 574 Å². The summed E-state index contributed by atoms with van der Waals surface area (Å²) in [6.45, 7) is 4.95. The molecule has 0 radical (unpaired) electrons. The Bertz CT molecular complexity index is 1840. The van der Waals surface area contributed by atoms with Gasteiger partial charge in [0.15, 0.2) is 12.2 Å². The Morgan fingerprint density at radius 2 is 0.489 bits per heavy atom. The van der Waals surface area contributed by atoms with E-state index >= 15 is 0 Å². The van der Waals surface area contributed by atoms with Crippen molar-refractivity contribution in [2.75, 3.05) is 39.6 Å². The van der Waals surface area contributed by atoms with Crippen LogP contribution in [0.2, 0.25) is 0 Å². The molecular weight excluding hydrogens is 1230 g/mol. The Morgan fingerprint density at radius 3 is 0.745 bits per heavy atom. The summed E-state index contributed by atoms with van der Waals surface area (Å²) in [5, 5.41) is 10.6. The van der Waals surface area contributed by atoms with E-state index in [1.165, 1.54) is 205 Å². The minimum Gasteiger partial charge on any atom is -0.462 e. The van der Waals surface area contributed by atoms with Gasteiger partial charge in [-0.3, -0.25) is 37.3 Å². The molecule has 0 bridgehead atoms. The second kappa shape index (κ2) is 69.3. The van der Waals surface area contributed by atoms with Crippen molar-refractivity contribution in [3.8, 4) is 0 Å². The first-order chi connectivity index (χ1) is 45.7. The molecule has 0 aliphatic heterocycles. The highest BCUT2D eigenvalue weighted by Gasteiger charge is 2.30. The van der Waals surface area contributed by atoms with Crippen molar-refractivity contribution >= 4 is 39.5 Å². The normalized spacial score (nSPS) is 14.0. The van der Waals surface area contributed by atoms with Gasteiger partial charge in [0.1, 0.15) is 19.3 Å². The lowest BCUT2D eigenvalue weighted by Gasteiger charge is -2.21. The maximum atomic E-state index is 13.1. The largest absolute Gasteiger partial charge is 0.472 e. The second-order valence-electron chi connectivity index (χ2n) is 26.7. The van der Waals surface area contributed by atoms with E-state index in [1.54, 1.807) is 0 Å². The molecule has 19 heteroatoms. The Hall–Kier alpha value is -2.20. The van der Waals surface area contributed by atoms with Gasteiger partial charge >= 0.3 is 39.5 Å². The number of phosphoric acid groups is 2. The molecule has 5 atom stereocenters. The van der Waals surface area contributed by atoms with Crippen LogP contribution in [0.4, 0.5) is 0 Å². The number of allylic oxidation sites excluding steroid dienone is 2. The molecule has 0 aromatic carbocycles. The summed E-state index contributed by atoms with van der Waals surface area (Å²) in [5.41, 5.74) is 0. The molecule has 556 valence electrons. The van der Waals surface area contributed by atoms with E-state index in [0.717, 1.165) is 103 Å². The van der Waals surface area contributed by atoms with Gasteiger partial charge < -0.3 is 33.8 Å². The third kappa shape index (κ3) is 68.3. The molecule has 0 saturated carbocycles. The highest BCUT2D eigenvalue weighted by molar-refractivity contribution is 7.47. The van der Waals surface area contributed by atoms with E-state index in [2.05, 4.69) is 39.8 Å². The Balaban J connectivity index is 5.27. The predicted octanol–water partition coefficient (Wildman–Crippen LogP) is 22.0. The van der Waals surface area contributed by atoms with Crippen molar-refractivity contribution in [1.29, 1.82) is 0 Å². The number of hydrogen-bond donors (Lipinski definition) is 3. The van der Waals surface area contributed by atoms with E-state index in [0.29, 0.717) is 25.7 Å². The molecule has 2 unspecified atom stereocenters. The fourth-order valence-electron chi connectivity index (χ4n) is 11.3. The molecule has 0 spiro atoms. The van der Waals surface area contributed by atoms with Gasteiger partial charge in [0.2, 0.25) is 0 Å². The van der Waals surface area contributed by atoms with Gasteiger partial charge in [-0.1, -0.05) is 322 Å². The van der Waals surface area contributed by atoms with Gasteiger partial charge in [-0.2, -0.15) is 0 Å². The summed E-state index contributed by atoms with van der Waals surface area (Å²) < 4.78 is 68.5. The zero-order chi connectivity index (χ0) is 69.0. The summed E-state index contributed by atoms with van der Waals surface area (Å²) in [6.07, 6.45) is 60.5. The number of phosphoric ester groups is 2. The molecule has 0 aromatic rings. The van der Waals surface area contributed by atoms with E-state index in [1.807, 2.05) is 0 Å². The SMILES string of the molecule is CCCCCC/C=C\CCCCCCCC(=O)O[C@H](COC(=O)CCCCCCCCCCCCCCC)COP(=O)(O)OC[C@H](O)COP(=O)(O)OC[C@@H](COC(=O)CCCCCCCCCCCCCCCCC)OC(=O)CCCCCCCCCCCCCCC. The highest BCUT2D eigenvalue weighted by atomic mass is 31.2. The van der Waals surface area contributed by atoms with E-state index in [-0.39, 0.29) is 25.7 Å². The first kappa shape index (κ1) is 91.8. The van der Waals surface area contributed by atoms with Gasteiger partial charge in [0.05, 0.1) is 26.4 Å². The Kier molecular flexibility index (Phi) is 67.7. The molecule has 0 fully saturated rings. The number of unbranched alkanes of at least 4 members (excludes halogenated alkanes) is 47. The number of rotatable bonds is 75. The molecule has 0 saturated heterocycles. The number of hydrogen-bond acceptors (Lipinski definition) is 15. The van der Waals surface area contributed by atoms with Gasteiger partial charge in [-0.05, 0) is 51.4 Å². The van der Waals surface area contributed by atoms with Crippen molar-refractivity contribution in [2.24, 2.45) is 0 Å². The van der Waals surface area contributed by atoms with Gasteiger partial charge in [-0.15, -0.1) is 0 Å². The first-order valence-corrected chi connectivity index (χ1v) is 41.9. The van der Waals surface area contributed by atoms with E-state index in [9.17, 15) is 43.2 Å². The summed E-state index contributed by atoms with van der Waals surface area (Å²) >= 11 is 0. The maximum absolute atomic E-state index is 13.1. The monoisotopic (exact) mass is 1380 g/mol. The maximum Gasteiger partial charge on any atom is 0.472 e. The molecule has 0 heterocycles. The number of carbonyl (C=O) groups is 4. The standard InChI is InChI=1S/C75H144O17P2/c1-5-9-13-17-21-25-29-33-34-38-40-44-48-52-56-60-73(78)86-66-71(92-75(80)62-58-54-50-46-42-37-32-28-24-20-16-12-8-4)68-90-94(83,84)88-64-69(76)63-87-93(81,82)89-67-70(91-74(79)61-57-53-49-45-41-36-31-27-23-19-15-11-7-3)65-85-72(77)59-55-51-47-43-39-35-30-26-22-18-14-10-6-2/h27,31,69-71,76H,5-26,28-30,32-68H2,1-4H3,(H,81,82)(H,83,84)/b31-27-/t69-,70+,71+/m0/s1. The van der Waals surface area contributed by atoms with Crippen LogP contribution in [0.25, 0.3) is 0 Å². The molecule has 0 rings (SSSR count). The average molecular weight is 1380 g/mol. The lowest BCUT2D eigenvalue weighted by Crippen LogP contribution is -2.30. The number of ether oxygens (including phenoxy) is 4. The average Bonchev–Trinajstić information content (AvgIpc) is 1.66. The van der Waals surface area contributed by atoms with Crippen LogP contribution in [0.15, 0.2) is 12.2 Å². The predicted molar refractivity (Wildman–Crippen MR) is 382 cm³/mol. The first-order valence-electron chi connectivity index (χ1n) is 38.9. The van der Waals surface area contributed by atoms with Crippen molar-refractivity contribution in [1.82, 2.24) is 0 Å². The number of aliphatic hydroxyl groups is 1. The second-order valence-corrected chi connectivity index (χ2v) is 29.6. The quantitative estimate of drug-likeness (QED) is 0.0169. The zero-order valence-corrected chi connectivity index (χ0v) is 62.5. The summed E-state index contributed by atoms with van der Waals surface area (Å²) in [5.74, 6) is -2.13. The van der Waals surface area contributed by atoms with Crippen LogP contribution >= 0.6 is 15.6 Å². The van der Waals surface area contributed by atoms with E-state index < -0.39 is 97.5 Å². The van der Waals surface area contributed by atoms with Gasteiger partial charge in [0, 0.05) is 25.7 Å². The van der Waals surface area contributed by atoms with Gasteiger partial charge in [-0.25, -0.2) is 9.13 Å². The lowest BCUT2D eigenvalue weighted by atomic mass is 10.0. The number of esters is 4. The molecule has 0 aromatic heterocycles. The van der Waals surface area contributed by atoms with Crippen molar-refractivity contribution in [2.45, 2.75) is 406 Å². The third-order valence-electron chi connectivity index (χ3n) is 17.3. The molecule has 0 aliphatic carbocycles. The minimum atomic E-state index is -4.96. The van der Waals surface area contributed by atoms with Crippen LogP contribution in [0.5, 0.6) is 0 Å². The Morgan fingerprint density at radius 1 is 0.287 bits per heavy atom. The third-order valence-corrected chi connectivity index (χ3v) is 19.2. The van der Waals surface area contributed by atoms with Crippen molar-refractivity contribution in [3.63, 3.8) is 0 Å². The topological polar surface area (TPSA) is 237 Å². The fraction of sp³-hybridized carbons (Fsp3) is 0.920. The van der Waals surface area contributed by atoms with Gasteiger partial charge in [0.25, 0.3) is 0 Å². The molecule has 0 amide bonds. The van der Waals surface area contributed by atoms with Crippen LogP contribution in [0.3, 0.4) is 0 Å². The highest BCUT2D eigenvalue weighted by Crippen LogP contribution is 2.45. The molecule has 3 N–H and O–H groups in total. The lowest BCUT2D eigenvalue weighted by molar-refractivity contribution is -0.161. The van der Waals surface area contributed by atoms with Crippen LogP contribution in [-0.2, 0) is 65.4 Å². The van der Waals surface area contributed by atoms with Crippen LogP contribution in [-0.4, -0.2) is 96.7 Å². The number of aliphatic hydroxyl groups excluding tert-OH is 1. The van der Waals surface area contributed by atoms with Crippen molar-refractivity contribution < 1.29 is 80.2 Å². The van der Waals surface area contributed by atoms with Crippen LogP contribution in [0, 0.1) is 0 Å². The zero-order valence-electron chi connectivity index (χ0n) is 60.7. The minimum absolute atomic E-state index is 0.0946. The fourth-order valence-corrected chi connectivity index (χ4v) is 12.9. The number of carbonyl (C=O) groups excluding carboxylic acids is 4. The molecule has 0 aliphatic rings. The van der Waals surface area contributed by atoms with Crippen molar-refractivity contribution in [3.05, 3.63) is 12.2 Å². The van der Waals surface area contributed by atoms with Crippen LogP contribution < -0.4 is 0 Å².